The van der Waals surface area contributed by atoms with Gasteiger partial charge in [-0.2, -0.15) is 0 Å². The van der Waals surface area contributed by atoms with E-state index in [1.54, 1.807) is 12.4 Å². The first-order valence-corrected chi connectivity index (χ1v) is 8.29. The molecule has 2 heterocycles. The van der Waals surface area contributed by atoms with Crippen molar-refractivity contribution < 1.29 is 4.79 Å². The van der Waals surface area contributed by atoms with Gasteiger partial charge in [-0.3, -0.25) is 4.79 Å². The zero-order valence-electron chi connectivity index (χ0n) is 14.0. The van der Waals surface area contributed by atoms with Crippen molar-refractivity contribution in [3.63, 3.8) is 0 Å². The van der Waals surface area contributed by atoms with Crippen molar-refractivity contribution in [1.82, 2.24) is 20.2 Å². The number of nitrogens with zero attached hydrogens (tertiary/aromatic N) is 4. The van der Waals surface area contributed by atoms with Crippen molar-refractivity contribution in [1.29, 1.82) is 0 Å². The van der Waals surface area contributed by atoms with Crippen LogP contribution in [-0.4, -0.2) is 53.5 Å². The first-order chi connectivity index (χ1) is 11.7. The molecule has 126 valence electrons. The van der Waals surface area contributed by atoms with Gasteiger partial charge in [0.2, 0.25) is 11.9 Å². The van der Waals surface area contributed by atoms with Crippen LogP contribution in [0.3, 0.4) is 0 Å². The highest BCUT2D eigenvalue weighted by Gasteiger charge is 2.21. The van der Waals surface area contributed by atoms with Gasteiger partial charge in [0.15, 0.2) is 0 Å². The van der Waals surface area contributed by atoms with Gasteiger partial charge in [0.25, 0.3) is 0 Å². The molecule has 6 nitrogen and oxygen atoms in total. The summed E-state index contributed by atoms with van der Waals surface area (Å²) >= 11 is 0. The third-order valence-corrected chi connectivity index (χ3v) is 4.32. The van der Waals surface area contributed by atoms with Crippen LogP contribution >= 0.6 is 0 Å². The topological polar surface area (TPSA) is 61.4 Å². The summed E-state index contributed by atoms with van der Waals surface area (Å²) in [6.45, 7) is 6.14. The first-order valence-electron chi connectivity index (χ1n) is 8.29. The zero-order valence-corrected chi connectivity index (χ0v) is 14.0. The summed E-state index contributed by atoms with van der Waals surface area (Å²) in [6.07, 6.45) is 3.49. The van der Waals surface area contributed by atoms with Crippen LogP contribution in [0.1, 0.15) is 11.1 Å². The van der Waals surface area contributed by atoms with E-state index in [1.807, 2.05) is 23.1 Å². The highest BCUT2D eigenvalue weighted by Crippen LogP contribution is 2.10. The molecule has 0 unspecified atom stereocenters. The second-order valence-corrected chi connectivity index (χ2v) is 5.95. The van der Waals surface area contributed by atoms with E-state index in [-0.39, 0.29) is 5.91 Å². The monoisotopic (exact) mass is 325 g/mol. The van der Waals surface area contributed by atoms with Crippen LogP contribution in [0.25, 0.3) is 0 Å². The minimum absolute atomic E-state index is 0.150. The van der Waals surface area contributed by atoms with E-state index < -0.39 is 0 Å². The number of aryl methyl sites for hydroxylation is 1. The highest BCUT2D eigenvalue weighted by molar-refractivity contribution is 5.78. The Bertz CT molecular complexity index is 668. The molecule has 1 N–H and O–H groups in total. The molecule has 0 radical (unpaired) electrons. The lowest BCUT2D eigenvalue weighted by Gasteiger charge is -2.34. The second-order valence-electron chi connectivity index (χ2n) is 5.95. The molecule has 0 spiro atoms. The van der Waals surface area contributed by atoms with Gasteiger partial charge in [0, 0.05) is 45.1 Å². The number of carbonyl (C=O) groups is 1. The van der Waals surface area contributed by atoms with Crippen LogP contribution in [0.5, 0.6) is 0 Å². The Hall–Kier alpha value is -2.47. The molecule has 1 amide bonds. The molecule has 0 aliphatic carbocycles. The molecular weight excluding hydrogens is 302 g/mol. The van der Waals surface area contributed by atoms with E-state index in [9.17, 15) is 4.79 Å². The molecule has 0 bridgehead atoms. The van der Waals surface area contributed by atoms with Gasteiger partial charge in [-0.15, -0.1) is 0 Å². The molecule has 1 aromatic carbocycles. The molecule has 2 aromatic rings. The van der Waals surface area contributed by atoms with Crippen LogP contribution in [0.15, 0.2) is 42.7 Å². The average Bonchev–Trinajstić information content (AvgIpc) is 2.64. The van der Waals surface area contributed by atoms with Crippen molar-refractivity contribution in [2.75, 3.05) is 37.6 Å². The lowest BCUT2D eigenvalue weighted by Crippen LogP contribution is -2.51. The minimum atomic E-state index is 0.150. The molecule has 1 aromatic heterocycles. The van der Waals surface area contributed by atoms with Gasteiger partial charge in [0.05, 0.1) is 6.54 Å². The molecule has 0 atom stereocenters. The lowest BCUT2D eigenvalue weighted by molar-refractivity contribution is -0.130. The number of carbonyl (C=O) groups excluding carboxylic acids is 1. The molecule has 6 heteroatoms. The maximum atomic E-state index is 12.3. The predicted octanol–water partition coefficient (Wildman–Crippen LogP) is 1.22. The number of rotatable bonds is 5. The Balaban J connectivity index is 1.43. The number of benzene rings is 1. The van der Waals surface area contributed by atoms with Gasteiger partial charge in [-0.05, 0) is 24.1 Å². The number of nitrogens with one attached hydrogen (secondary N) is 1. The molecule has 1 aliphatic rings. The largest absolute Gasteiger partial charge is 0.338 e. The molecule has 24 heavy (non-hydrogen) atoms. The maximum absolute atomic E-state index is 12.3. The molecule has 1 aliphatic heterocycles. The van der Waals surface area contributed by atoms with Gasteiger partial charge >= 0.3 is 0 Å². The zero-order chi connectivity index (χ0) is 16.8. The number of amides is 1. The third-order valence-electron chi connectivity index (χ3n) is 4.32. The number of hydrogen-bond acceptors (Lipinski definition) is 5. The third kappa shape index (κ3) is 4.08. The summed E-state index contributed by atoms with van der Waals surface area (Å²) in [5.41, 5.74) is 2.48. The Morgan fingerprint density at radius 1 is 1.08 bits per heavy atom. The maximum Gasteiger partial charge on any atom is 0.236 e. The summed E-state index contributed by atoms with van der Waals surface area (Å²) in [4.78, 5) is 24.9. The van der Waals surface area contributed by atoms with Crippen molar-refractivity contribution in [3.8, 4) is 0 Å². The molecule has 0 saturated carbocycles. The SMILES string of the molecule is Cc1ccccc1CNCC(=O)N1CCN(c2ncccn2)CC1. The summed E-state index contributed by atoms with van der Waals surface area (Å²) in [6, 6.07) is 10.0. The van der Waals surface area contributed by atoms with Crippen LogP contribution in [0, 0.1) is 6.92 Å². The highest BCUT2D eigenvalue weighted by atomic mass is 16.2. The van der Waals surface area contributed by atoms with Crippen LogP contribution < -0.4 is 10.2 Å². The fourth-order valence-electron chi connectivity index (χ4n) is 2.83. The summed E-state index contributed by atoms with van der Waals surface area (Å²) in [5, 5.41) is 3.25. The molecular formula is C18H23N5O. The van der Waals surface area contributed by atoms with Gasteiger partial charge in [-0.25, -0.2) is 9.97 Å². The Morgan fingerprint density at radius 2 is 1.79 bits per heavy atom. The van der Waals surface area contributed by atoms with Crippen LogP contribution in [-0.2, 0) is 11.3 Å². The number of anilines is 1. The second kappa shape index (κ2) is 7.88. The van der Waals surface area contributed by atoms with Crippen molar-refractivity contribution in [2.24, 2.45) is 0 Å². The quantitative estimate of drug-likeness (QED) is 0.896. The summed E-state index contributed by atoms with van der Waals surface area (Å²) < 4.78 is 0. The summed E-state index contributed by atoms with van der Waals surface area (Å²) in [7, 11) is 0. The van der Waals surface area contributed by atoms with E-state index in [1.165, 1.54) is 11.1 Å². The van der Waals surface area contributed by atoms with Gasteiger partial charge in [-0.1, -0.05) is 24.3 Å². The fourth-order valence-corrected chi connectivity index (χ4v) is 2.83. The van der Waals surface area contributed by atoms with E-state index in [0.717, 1.165) is 25.6 Å². The fraction of sp³-hybridized carbons (Fsp3) is 0.389. The minimum Gasteiger partial charge on any atom is -0.338 e. The summed E-state index contributed by atoms with van der Waals surface area (Å²) in [5.74, 6) is 0.888. The van der Waals surface area contributed by atoms with E-state index in [0.29, 0.717) is 19.6 Å². The van der Waals surface area contributed by atoms with Crippen LogP contribution in [0.2, 0.25) is 0 Å². The van der Waals surface area contributed by atoms with E-state index >= 15 is 0 Å². The van der Waals surface area contributed by atoms with Crippen molar-refractivity contribution in [2.45, 2.75) is 13.5 Å². The number of aromatic nitrogens is 2. The van der Waals surface area contributed by atoms with Crippen LogP contribution in [0.4, 0.5) is 5.95 Å². The smallest absolute Gasteiger partial charge is 0.236 e. The predicted molar refractivity (Wildman–Crippen MR) is 93.7 cm³/mol. The normalized spacial score (nSPS) is 14.7. The van der Waals surface area contributed by atoms with Gasteiger partial charge in [0.1, 0.15) is 0 Å². The standard InChI is InChI=1S/C18H23N5O/c1-15-5-2-3-6-16(15)13-19-14-17(24)22-9-11-23(12-10-22)18-20-7-4-8-21-18/h2-8,19H,9-14H2,1H3. The van der Waals surface area contributed by atoms with E-state index in [4.69, 9.17) is 0 Å². The molecule has 3 rings (SSSR count). The van der Waals surface area contributed by atoms with Crippen molar-refractivity contribution >= 4 is 11.9 Å². The Morgan fingerprint density at radius 3 is 2.50 bits per heavy atom. The number of piperazine rings is 1. The Labute approximate surface area is 142 Å². The van der Waals surface area contributed by atoms with Gasteiger partial charge < -0.3 is 15.1 Å². The average molecular weight is 325 g/mol. The lowest BCUT2D eigenvalue weighted by atomic mass is 10.1. The number of hydrogen-bond donors (Lipinski definition) is 1. The van der Waals surface area contributed by atoms with E-state index in [2.05, 4.69) is 39.2 Å². The Kier molecular flexibility index (Phi) is 5.38. The first kappa shape index (κ1) is 16.4. The van der Waals surface area contributed by atoms with Crippen molar-refractivity contribution in [3.05, 3.63) is 53.9 Å². The molecule has 1 fully saturated rings. The molecule has 1 saturated heterocycles.